The SMILES string of the molecule is Cc1cccc(C)c1-c1ccc(-c2[c-]cccc2)nc1.[Ir].[c-]1ccc(-c2cccc(CCCCCCc3ccccc3)c2)cc1-c1ccc(-c2nc(-c3ccccc3)nc(-c3ccccc3)n2)cn1. The zero-order valence-corrected chi connectivity index (χ0v) is 41.4. The molecule has 0 unspecified atom stereocenters. The Hall–Kier alpha value is -7.50. The third-order valence-electron chi connectivity index (χ3n) is 12.1. The quantitative estimate of drug-likeness (QED) is 0.0802. The Morgan fingerprint density at radius 1 is 0.362 bits per heavy atom. The Kier molecular flexibility index (Phi) is 16.7. The molecule has 1 radical (unpaired) electrons. The topological polar surface area (TPSA) is 64.5 Å². The number of unbranched alkanes of at least 4 members (excludes halogenated alkanes) is 3. The molecule has 0 atom stereocenters. The molecular weight excluding hydrogens is 1020 g/mol. The fourth-order valence-electron chi connectivity index (χ4n) is 8.50. The first kappa shape index (κ1) is 48.0. The molecule has 69 heavy (non-hydrogen) atoms. The van der Waals surface area contributed by atoms with Gasteiger partial charge in [0.1, 0.15) is 0 Å². The van der Waals surface area contributed by atoms with Crippen LogP contribution in [0.5, 0.6) is 0 Å². The van der Waals surface area contributed by atoms with Crippen LogP contribution in [0.25, 0.3) is 78.9 Å². The average Bonchev–Trinajstić information content (AvgIpc) is 3.41. The van der Waals surface area contributed by atoms with Crippen LogP contribution in [0.4, 0.5) is 0 Å². The van der Waals surface area contributed by atoms with Crippen molar-refractivity contribution in [3.8, 4) is 78.9 Å². The zero-order valence-electron chi connectivity index (χ0n) is 39.0. The van der Waals surface area contributed by atoms with Gasteiger partial charge >= 0.3 is 0 Å². The number of aromatic nitrogens is 5. The number of hydrogen-bond acceptors (Lipinski definition) is 5. The van der Waals surface area contributed by atoms with Crippen molar-refractivity contribution in [2.24, 2.45) is 0 Å². The summed E-state index contributed by atoms with van der Waals surface area (Å²) in [7, 11) is 0. The normalized spacial score (nSPS) is 10.7. The van der Waals surface area contributed by atoms with Crippen molar-refractivity contribution in [1.29, 1.82) is 0 Å². The van der Waals surface area contributed by atoms with Crippen LogP contribution in [0.1, 0.15) is 47.9 Å². The Balaban J connectivity index is 0.000000255. The van der Waals surface area contributed by atoms with Crippen LogP contribution in [0, 0.1) is 26.0 Å². The van der Waals surface area contributed by atoms with E-state index in [-0.39, 0.29) is 20.1 Å². The van der Waals surface area contributed by atoms with Gasteiger partial charge in [0.05, 0.1) is 0 Å². The van der Waals surface area contributed by atoms with E-state index in [9.17, 15) is 0 Å². The van der Waals surface area contributed by atoms with E-state index in [1.54, 1.807) is 0 Å². The van der Waals surface area contributed by atoms with Crippen LogP contribution < -0.4 is 0 Å². The van der Waals surface area contributed by atoms with Crippen LogP contribution in [-0.2, 0) is 32.9 Å². The number of rotatable bonds is 14. The largest absolute Gasteiger partial charge is 0.304 e. The second-order valence-electron chi connectivity index (χ2n) is 17.0. The molecule has 0 aliphatic heterocycles. The van der Waals surface area contributed by atoms with Crippen molar-refractivity contribution >= 4 is 0 Å². The first-order valence-corrected chi connectivity index (χ1v) is 23.5. The molecule has 10 aromatic rings. The van der Waals surface area contributed by atoms with E-state index in [4.69, 9.17) is 19.9 Å². The molecule has 3 heterocycles. The fraction of sp³-hybridized carbons (Fsp3) is 0.127. The second kappa shape index (κ2) is 24.0. The van der Waals surface area contributed by atoms with Gasteiger partial charge in [-0.25, -0.2) is 15.0 Å². The van der Waals surface area contributed by atoms with Crippen molar-refractivity contribution in [3.05, 3.63) is 247 Å². The molecule has 3 aromatic heterocycles. The van der Waals surface area contributed by atoms with Crippen LogP contribution in [-0.4, -0.2) is 24.9 Å². The minimum absolute atomic E-state index is 0. The molecule has 341 valence electrons. The second-order valence-corrected chi connectivity index (χ2v) is 17.0. The molecule has 0 saturated carbocycles. The maximum atomic E-state index is 4.84. The molecule has 0 fully saturated rings. The molecule has 0 aliphatic rings. The van der Waals surface area contributed by atoms with Gasteiger partial charge in [0.2, 0.25) is 0 Å². The van der Waals surface area contributed by atoms with Gasteiger partial charge in [0.15, 0.2) is 17.5 Å². The molecule has 6 heteroatoms. The average molecular weight is 1070 g/mol. The first-order valence-electron chi connectivity index (χ1n) is 23.5. The van der Waals surface area contributed by atoms with Crippen LogP contribution in [0.15, 0.2) is 213 Å². The summed E-state index contributed by atoms with van der Waals surface area (Å²) in [6, 6.07) is 75.2. The Morgan fingerprint density at radius 3 is 1.45 bits per heavy atom. The number of benzene rings is 7. The minimum atomic E-state index is 0. The van der Waals surface area contributed by atoms with Gasteiger partial charge in [0, 0.05) is 49.2 Å². The third-order valence-corrected chi connectivity index (χ3v) is 12.1. The standard InChI is InChI=1S/C44H37N4.C19H16N.Ir/c1(6-16-33-17-8-3-9-18-33)2-7-19-34-20-14-25-37(30-34)38-26-15-27-39(31-38)41-29-28-40(32-45-41)44-47-42(35-21-10-4-11-22-35)46-43(48-44)36-23-12-5-13-24-36;1-14-7-6-8-15(2)19(14)17-11-12-18(20-13-17)16-9-4-3-5-10-16;/h3-5,8-15,17-18,20-26,28-32H,1-2,6-7,16,19H2;3-9,11-13H,1-2H3;/q2*-1;. The molecule has 5 nitrogen and oxygen atoms in total. The predicted molar refractivity (Wildman–Crippen MR) is 279 cm³/mol. The predicted octanol–water partition coefficient (Wildman–Crippen LogP) is 15.6. The van der Waals surface area contributed by atoms with Crippen molar-refractivity contribution < 1.29 is 20.1 Å². The fourth-order valence-corrected chi connectivity index (χ4v) is 8.50. The zero-order chi connectivity index (χ0) is 46.3. The maximum absolute atomic E-state index is 4.84. The minimum Gasteiger partial charge on any atom is -0.304 e. The van der Waals surface area contributed by atoms with Gasteiger partial charge in [-0.3, -0.25) is 0 Å². The Morgan fingerprint density at radius 2 is 0.855 bits per heavy atom. The summed E-state index contributed by atoms with van der Waals surface area (Å²) in [5.41, 5.74) is 16.7. The van der Waals surface area contributed by atoms with Gasteiger partial charge in [-0.2, -0.15) is 0 Å². The molecule has 0 aliphatic carbocycles. The van der Waals surface area contributed by atoms with E-state index in [1.807, 2.05) is 116 Å². The van der Waals surface area contributed by atoms with Crippen LogP contribution >= 0.6 is 0 Å². The molecule has 0 bridgehead atoms. The molecule has 0 saturated heterocycles. The van der Waals surface area contributed by atoms with Crippen LogP contribution in [0.2, 0.25) is 0 Å². The van der Waals surface area contributed by atoms with Gasteiger partial charge in [-0.1, -0.05) is 171 Å². The van der Waals surface area contributed by atoms with Crippen LogP contribution in [0.3, 0.4) is 0 Å². The molecule has 10 rings (SSSR count). The van der Waals surface area contributed by atoms with Gasteiger partial charge in [-0.05, 0) is 89.9 Å². The van der Waals surface area contributed by atoms with E-state index < -0.39 is 0 Å². The van der Waals surface area contributed by atoms with Gasteiger partial charge in [0.25, 0.3) is 0 Å². The van der Waals surface area contributed by atoms with Crippen molar-refractivity contribution in [2.45, 2.75) is 52.4 Å². The van der Waals surface area contributed by atoms with Crippen molar-refractivity contribution in [3.63, 3.8) is 0 Å². The molecule has 0 N–H and O–H groups in total. The summed E-state index contributed by atoms with van der Waals surface area (Å²) in [6.45, 7) is 4.28. The monoisotopic (exact) mass is 1070 g/mol. The molecular formula is C63H53IrN5-2. The first-order chi connectivity index (χ1) is 33.5. The van der Waals surface area contributed by atoms with E-state index in [2.05, 4.69) is 128 Å². The summed E-state index contributed by atoms with van der Waals surface area (Å²) in [5.74, 6) is 1.86. The molecule has 7 aromatic carbocycles. The van der Waals surface area contributed by atoms with Gasteiger partial charge < -0.3 is 9.97 Å². The number of hydrogen-bond donors (Lipinski definition) is 0. The van der Waals surface area contributed by atoms with E-state index in [0.29, 0.717) is 17.5 Å². The van der Waals surface area contributed by atoms with E-state index >= 15 is 0 Å². The third kappa shape index (κ3) is 12.7. The summed E-state index contributed by atoms with van der Waals surface area (Å²) in [4.78, 5) is 23.9. The smallest absolute Gasteiger partial charge is 0.165 e. The summed E-state index contributed by atoms with van der Waals surface area (Å²) >= 11 is 0. The molecule has 0 amide bonds. The van der Waals surface area contributed by atoms with Gasteiger partial charge in [-0.15, -0.1) is 71.3 Å². The number of aryl methyl sites for hydroxylation is 4. The summed E-state index contributed by atoms with van der Waals surface area (Å²) in [5, 5.41) is 0. The maximum Gasteiger partial charge on any atom is 0.165 e. The van der Waals surface area contributed by atoms with Crippen molar-refractivity contribution in [1.82, 2.24) is 24.9 Å². The summed E-state index contributed by atoms with van der Waals surface area (Å²) in [6.07, 6.45) is 11.1. The molecule has 0 spiro atoms. The number of pyridine rings is 2. The van der Waals surface area contributed by atoms with E-state index in [1.165, 1.54) is 71.0 Å². The summed E-state index contributed by atoms with van der Waals surface area (Å²) < 4.78 is 0. The van der Waals surface area contributed by atoms with E-state index in [0.717, 1.165) is 51.2 Å². The number of nitrogens with zero attached hydrogens (tertiary/aromatic N) is 5. The Labute approximate surface area is 420 Å². The van der Waals surface area contributed by atoms with Crippen molar-refractivity contribution in [2.75, 3.05) is 0 Å². The Bertz CT molecular complexity index is 3080.